The van der Waals surface area contributed by atoms with Crippen LogP contribution in [0, 0.1) is 10.1 Å². The fourth-order valence-electron chi connectivity index (χ4n) is 2.11. The van der Waals surface area contributed by atoms with Crippen molar-refractivity contribution >= 4 is 35.1 Å². The van der Waals surface area contributed by atoms with E-state index in [0.717, 1.165) is 5.56 Å². The molecule has 0 spiro atoms. The van der Waals surface area contributed by atoms with Crippen molar-refractivity contribution in [2.75, 3.05) is 0 Å². The van der Waals surface area contributed by atoms with Crippen molar-refractivity contribution in [3.63, 3.8) is 0 Å². The van der Waals surface area contributed by atoms with Gasteiger partial charge in [0.25, 0.3) is 11.6 Å². The second kappa shape index (κ2) is 6.02. The van der Waals surface area contributed by atoms with Gasteiger partial charge < -0.3 is 5.32 Å². The number of amides is 1. The Balaban J connectivity index is 1.97. The molecule has 0 aromatic heterocycles. The van der Waals surface area contributed by atoms with E-state index in [1.54, 1.807) is 12.1 Å². The van der Waals surface area contributed by atoms with Crippen LogP contribution in [0.5, 0.6) is 0 Å². The molecule has 0 atom stereocenters. The zero-order valence-corrected chi connectivity index (χ0v) is 12.4. The molecular formula is C16H10ClN3O3. The highest BCUT2D eigenvalue weighted by Crippen LogP contribution is 2.26. The van der Waals surface area contributed by atoms with Crippen molar-refractivity contribution in [2.24, 2.45) is 4.99 Å². The molecule has 2 aromatic rings. The molecule has 0 saturated carbocycles. The third kappa shape index (κ3) is 3.12. The van der Waals surface area contributed by atoms with Crippen LogP contribution in [-0.2, 0) is 4.79 Å². The summed E-state index contributed by atoms with van der Waals surface area (Å²) in [4.78, 5) is 26.6. The second-order valence-electron chi connectivity index (χ2n) is 4.78. The normalized spacial score (nSPS) is 15.4. The average molecular weight is 328 g/mol. The van der Waals surface area contributed by atoms with Gasteiger partial charge >= 0.3 is 0 Å². The molecule has 114 valence electrons. The number of nitrogens with zero attached hydrogens (tertiary/aromatic N) is 2. The van der Waals surface area contributed by atoms with Crippen LogP contribution in [0.25, 0.3) is 6.08 Å². The number of nitro benzene ring substituents is 1. The zero-order chi connectivity index (χ0) is 16.4. The molecule has 1 aliphatic heterocycles. The van der Waals surface area contributed by atoms with Crippen LogP contribution in [0.15, 0.2) is 59.2 Å². The van der Waals surface area contributed by atoms with Crippen molar-refractivity contribution in [3.8, 4) is 0 Å². The Kier molecular flexibility index (Phi) is 3.91. The highest BCUT2D eigenvalue weighted by atomic mass is 35.5. The molecule has 1 heterocycles. The SMILES string of the molecule is O=C1NC(c2ccc(Cl)c([N+](=O)[O-])c2)=NC1=Cc1ccccc1. The minimum atomic E-state index is -0.579. The summed E-state index contributed by atoms with van der Waals surface area (Å²) in [7, 11) is 0. The number of hydrogen-bond acceptors (Lipinski definition) is 4. The van der Waals surface area contributed by atoms with Gasteiger partial charge in [-0.3, -0.25) is 14.9 Å². The van der Waals surface area contributed by atoms with Crippen LogP contribution in [0.3, 0.4) is 0 Å². The molecule has 1 N–H and O–H groups in total. The van der Waals surface area contributed by atoms with Crippen molar-refractivity contribution < 1.29 is 9.72 Å². The van der Waals surface area contributed by atoms with E-state index >= 15 is 0 Å². The topological polar surface area (TPSA) is 84.6 Å². The summed E-state index contributed by atoms with van der Waals surface area (Å²) < 4.78 is 0. The highest BCUT2D eigenvalue weighted by molar-refractivity contribution is 6.33. The lowest BCUT2D eigenvalue weighted by Crippen LogP contribution is -2.24. The summed E-state index contributed by atoms with van der Waals surface area (Å²) in [5.74, 6) is -0.0987. The van der Waals surface area contributed by atoms with Gasteiger partial charge in [0.2, 0.25) is 0 Å². The Labute approximate surface area is 136 Å². The smallest absolute Gasteiger partial charge is 0.288 e. The van der Waals surface area contributed by atoms with E-state index in [4.69, 9.17) is 11.6 Å². The van der Waals surface area contributed by atoms with Gasteiger partial charge in [0.15, 0.2) is 0 Å². The molecule has 0 saturated heterocycles. The molecule has 7 heteroatoms. The maximum atomic E-state index is 12.0. The number of nitrogens with one attached hydrogen (secondary N) is 1. The molecule has 3 rings (SSSR count). The van der Waals surface area contributed by atoms with E-state index in [0.29, 0.717) is 5.56 Å². The summed E-state index contributed by atoms with van der Waals surface area (Å²) in [6, 6.07) is 13.5. The molecular weight excluding hydrogens is 318 g/mol. The Hall–Kier alpha value is -2.99. The first-order valence-corrected chi connectivity index (χ1v) is 7.03. The van der Waals surface area contributed by atoms with Crippen LogP contribution in [0.2, 0.25) is 5.02 Å². The van der Waals surface area contributed by atoms with Crippen LogP contribution >= 0.6 is 11.6 Å². The lowest BCUT2D eigenvalue weighted by Gasteiger charge is -2.01. The van der Waals surface area contributed by atoms with E-state index in [9.17, 15) is 14.9 Å². The minimum absolute atomic E-state index is 0.0312. The predicted octanol–water partition coefficient (Wildman–Crippen LogP) is 3.17. The van der Waals surface area contributed by atoms with E-state index in [1.165, 1.54) is 12.1 Å². The molecule has 0 fully saturated rings. The number of hydrogen-bond donors (Lipinski definition) is 1. The highest BCUT2D eigenvalue weighted by Gasteiger charge is 2.23. The zero-order valence-electron chi connectivity index (χ0n) is 11.7. The first-order valence-electron chi connectivity index (χ1n) is 6.66. The third-order valence-electron chi connectivity index (χ3n) is 3.22. The summed E-state index contributed by atoms with van der Waals surface area (Å²) in [6.07, 6.45) is 1.65. The van der Waals surface area contributed by atoms with Gasteiger partial charge in [0, 0.05) is 11.6 Å². The first-order chi connectivity index (χ1) is 11.0. The Morgan fingerprint density at radius 3 is 2.61 bits per heavy atom. The molecule has 1 amide bonds. The van der Waals surface area contributed by atoms with Crippen molar-refractivity contribution in [1.82, 2.24) is 5.32 Å². The first kappa shape index (κ1) is 14.9. The number of aliphatic imine (C=N–C) groups is 1. The summed E-state index contributed by atoms with van der Waals surface area (Å²) in [5, 5.41) is 13.6. The average Bonchev–Trinajstić information content (AvgIpc) is 2.89. The molecule has 0 aliphatic carbocycles. The quantitative estimate of drug-likeness (QED) is 0.534. The Morgan fingerprint density at radius 1 is 1.17 bits per heavy atom. The van der Waals surface area contributed by atoms with Crippen LogP contribution < -0.4 is 5.32 Å². The Bertz CT molecular complexity index is 860. The number of carbonyl (C=O) groups is 1. The predicted molar refractivity (Wildman–Crippen MR) is 87.2 cm³/mol. The van der Waals surface area contributed by atoms with Crippen LogP contribution in [-0.4, -0.2) is 16.7 Å². The lowest BCUT2D eigenvalue weighted by atomic mass is 10.2. The van der Waals surface area contributed by atoms with Crippen molar-refractivity contribution in [2.45, 2.75) is 0 Å². The standard InChI is InChI=1S/C16H10ClN3O3/c17-12-7-6-11(9-14(12)20(22)23)15-18-13(16(21)19-15)8-10-4-2-1-3-5-10/h1-9H,(H,18,19,21). The molecule has 0 bridgehead atoms. The van der Waals surface area contributed by atoms with Gasteiger partial charge in [-0.25, -0.2) is 4.99 Å². The molecule has 2 aromatic carbocycles. The third-order valence-corrected chi connectivity index (χ3v) is 3.54. The summed E-state index contributed by atoms with van der Waals surface area (Å²) >= 11 is 5.78. The maximum absolute atomic E-state index is 12.0. The largest absolute Gasteiger partial charge is 0.305 e. The van der Waals surface area contributed by atoms with Gasteiger partial charge in [-0.15, -0.1) is 0 Å². The van der Waals surface area contributed by atoms with E-state index < -0.39 is 4.92 Å². The molecule has 1 aliphatic rings. The number of halogens is 1. The van der Waals surface area contributed by atoms with Crippen molar-refractivity contribution in [1.29, 1.82) is 0 Å². The Morgan fingerprint density at radius 2 is 1.91 bits per heavy atom. The second-order valence-corrected chi connectivity index (χ2v) is 5.19. The summed E-state index contributed by atoms with van der Waals surface area (Å²) in [6.45, 7) is 0. The lowest BCUT2D eigenvalue weighted by molar-refractivity contribution is -0.384. The fraction of sp³-hybridized carbons (Fsp3) is 0. The van der Waals surface area contributed by atoms with Crippen LogP contribution in [0.4, 0.5) is 5.69 Å². The van der Waals surface area contributed by atoms with Gasteiger partial charge in [-0.2, -0.15) is 0 Å². The van der Waals surface area contributed by atoms with Gasteiger partial charge in [-0.05, 0) is 23.8 Å². The van der Waals surface area contributed by atoms with Gasteiger partial charge in [-0.1, -0.05) is 41.9 Å². The molecule has 0 unspecified atom stereocenters. The molecule has 23 heavy (non-hydrogen) atoms. The molecule has 6 nitrogen and oxygen atoms in total. The number of rotatable bonds is 3. The fourth-order valence-corrected chi connectivity index (χ4v) is 2.30. The van der Waals surface area contributed by atoms with Gasteiger partial charge in [0.05, 0.1) is 4.92 Å². The monoisotopic (exact) mass is 327 g/mol. The van der Waals surface area contributed by atoms with E-state index in [2.05, 4.69) is 10.3 Å². The summed E-state index contributed by atoms with van der Waals surface area (Å²) in [5.41, 5.74) is 1.26. The number of benzene rings is 2. The number of carbonyl (C=O) groups excluding carboxylic acids is 1. The molecule has 0 radical (unpaired) electrons. The minimum Gasteiger partial charge on any atom is -0.305 e. The maximum Gasteiger partial charge on any atom is 0.288 e. The van der Waals surface area contributed by atoms with E-state index in [-0.39, 0.29) is 28.1 Å². The number of nitro groups is 1. The van der Waals surface area contributed by atoms with Crippen LogP contribution in [0.1, 0.15) is 11.1 Å². The van der Waals surface area contributed by atoms with E-state index in [1.807, 2.05) is 30.3 Å². The van der Waals surface area contributed by atoms with Crippen molar-refractivity contribution in [3.05, 3.63) is 80.5 Å². The van der Waals surface area contributed by atoms with Gasteiger partial charge in [0.1, 0.15) is 16.6 Å². The number of amidine groups is 1.